The van der Waals surface area contributed by atoms with Crippen LogP contribution in [0.1, 0.15) is 37.4 Å². The Bertz CT molecular complexity index is 506. The summed E-state index contributed by atoms with van der Waals surface area (Å²) in [6, 6.07) is 11.9. The third kappa shape index (κ3) is 6.43. The minimum absolute atomic E-state index is 0.0223. The molecule has 0 aliphatic carbocycles. The summed E-state index contributed by atoms with van der Waals surface area (Å²) in [4.78, 5) is 8.81. The minimum Gasteiger partial charge on any atom is -0.371 e. The fraction of sp³-hybridized carbons (Fsp3) is 0.444. The van der Waals surface area contributed by atoms with E-state index in [0.29, 0.717) is 13.2 Å². The second-order valence-corrected chi connectivity index (χ2v) is 7.52. The van der Waals surface area contributed by atoms with Crippen LogP contribution in [0.25, 0.3) is 0 Å². The maximum atomic E-state index is 5.83. The first-order valence-electron chi connectivity index (χ1n) is 8.14. The van der Waals surface area contributed by atoms with E-state index in [1.165, 1.54) is 0 Å². The van der Waals surface area contributed by atoms with Crippen LogP contribution in [0.15, 0.2) is 48.8 Å². The van der Waals surface area contributed by atoms with Crippen LogP contribution in [0.3, 0.4) is 0 Å². The van der Waals surface area contributed by atoms with E-state index in [-0.39, 0.29) is 12.2 Å². The number of nitrogens with zero attached hydrogens (tertiary/aromatic N) is 2. The Morgan fingerprint density at radius 3 is 1.58 bits per heavy atom. The van der Waals surface area contributed by atoms with Crippen LogP contribution in [0.2, 0.25) is 0 Å². The van der Waals surface area contributed by atoms with E-state index < -0.39 is 0 Å². The molecule has 0 spiro atoms. The zero-order valence-corrected chi connectivity index (χ0v) is 15.8. The Morgan fingerprint density at radius 2 is 1.25 bits per heavy atom. The Kier molecular flexibility index (Phi) is 9.20. The minimum atomic E-state index is 0.0223. The van der Waals surface area contributed by atoms with Crippen LogP contribution in [0.5, 0.6) is 0 Å². The number of rotatable bonds is 11. The molecule has 0 aromatic carbocycles. The van der Waals surface area contributed by atoms with Crippen molar-refractivity contribution in [1.29, 1.82) is 0 Å². The predicted molar refractivity (Wildman–Crippen MR) is 102 cm³/mol. The molecule has 0 saturated heterocycles. The molecule has 2 heterocycles. The Labute approximate surface area is 152 Å². The van der Waals surface area contributed by atoms with Gasteiger partial charge in [-0.1, -0.05) is 33.7 Å². The first-order valence-corrected chi connectivity index (χ1v) is 10.6. The first-order chi connectivity index (χ1) is 11.8. The summed E-state index contributed by atoms with van der Waals surface area (Å²) in [6.45, 7) is 5.39. The molecule has 0 saturated carbocycles. The van der Waals surface area contributed by atoms with Crippen LogP contribution in [-0.4, -0.2) is 34.7 Å². The molecule has 24 heavy (non-hydrogen) atoms. The molecular formula is C18H24N2O2S2. The summed E-state index contributed by atoms with van der Waals surface area (Å²) in [5, 5.41) is 0. The van der Waals surface area contributed by atoms with Gasteiger partial charge >= 0.3 is 0 Å². The second kappa shape index (κ2) is 11.5. The first kappa shape index (κ1) is 19.2. The van der Waals surface area contributed by atoms with Gasteiger partial charge in [-0.3, -0.25) is 9.97 Å². The molecule has 0 aliphatic heterocycles. The average molecular weight is 365 g/mol. The average Bonchev–Trinajstić information content (AvgIpc) is 2.64. The molecule has 4 nitrogen and oxygen atoms in total. The molecule has 0 bridgehead atoms. The monoisotopic (exact) mass is 364 g/mol. The maximum Gasteiger partial charge on any atom is 0.109 e. The Balaban J connectivity index is 1.83. The molecule has 0 amide bonds. The van der Waals surface area contributed by atoms with Crippen LogP contribution < -0.4 is 0 Å². The van der Waals surface area contributed by atoms with Crippen molar-refractivity contribution in [2.24, 2.45) is 0 Å². The third-order valence-corrected chi connectivity index (χ3v) is 5.65. The molecule has 2 unspecified atom stereocenters. The number of aromatic nitrogens is 2. The topological polar surface area (TPSA) is 44.2 Å². The van der Waals surface area contributed by atoms with E-state index >= 15 is 0 Å². The van der Waals surface area contributed by atoms with Crippen molar-refractivity contribution < 1.29 is 9.47 Å². The van der Waals surface area contributed by atoms with Crippen LogP contribution in [0, 0.1) is 0 Å². The molecule has 2 aromatic rings. The Hall–Kier alpha value is -1.08. The van der Waals surface area contributed by atoms with Crippen molar-refractivity contribution >= 4 is 21.6 Å². The lowest BCUT2D eigenvalue weighted by molar-refractivity contribution is 0.0763. The van der Waals surface area contributed by atoms with Crippen LogP contribution in [0.4, 0.5) is 0 Å². The fourth-order valence-corrected chi connectivity index (χ4v) is 4.49. The largest absolute Gasteiger partial charge is 0.371 e. The number of pyridine rings is 2. The lowest BCUT2D eigenvalue weighted by atomic mass is 10.2. The van der Waals surface area contributed by atoms with Gasteiger partial charge in [-0.2, -0.15) is 0 Å². The number of hydrogen-bond donors (Lipinski definition) is 0. The Morgan fingerprint density at radius 1 is 0.792 bits per heavy atom. The van der Waals surface area contributed by atoms with E-state index in [2.05, 4.69) is 9.97 Å². The molecule has 130 valence electrons. The van der Waals surface area contributed by atoms with E-state index in [4.69, 9.17) is 9.47 Å². The van der Waals surface area contributed by atoms with Crippen molar-refractivity contribution in [2.75, 3.05) is 24.7 Å². The highest BCUT2D eigenvalue weighted by Crippen LogP contribution is 2.32. The van der Waals surface area contributed by atoms with Crippen molar-refractivity contribution in [3.63, 3.8) is 0 Å². The molecule has 2 aromatic heterocycles. The normalized spacial score (nSPS) is 13.6. The standard InChI is InChI=1S/C18H24N2O2S2/c1-3-21-17(15-9-5-7-11-19-15)13-23-24-14-18(22-4-2)16-10-6-8-12-20-16/h5-12,17-18H,3-4,13-14H2,1-2H3. The SMILES string of the molecule is CCOC(CSSCC(OCC)c1ccccn1)c1ccccn1. The summed E-state index contributed by atoms with van der Waals surface area (Å²) in [7, 11) is 3.58. The summed E-state index contributed by atoms with van der Waals surface area (Å²) in [6.07, 6.45) is 3.67. The number of ether oxygens (including phenoxy) is 2. The van der Waals surface area contributed by atoms with Gasteiger partial charge in [-0.25, -0.2) is 0 Å². The summed E-state index contributed by atoms with van der Waals surface area (Å²) in [5.74, 6) is 1.72. The van der Waals surface area contributed by atoms with Gasteiger partial charge in [0, 0.05) is 37.1 Å². The highest BCUT2D eigenvalue weighted by molar-refractivity contribution is 8.76. The number of hydrogen-bond acceptors (Lipinski definition) is 6. The van der Waals surface area contributed by atoms with Crippen LogP contribution >= 0.6 is 21.6 Å². The maximum absolute atomic E-state index is 5.83. The van der Waals surface area contributed by atoms with E-state index in [1.54, 1.807) is 21.6 Å². The lowest BCUT2D eigenvalue weighted by Gasteiger charge is -2.18. The molecule has 2 rings (SSSR count). The molecule has 2 atom stereocenters. The van der Waals surface area contributed by atoms with Gasteiger partial charge in [0.25, 0.3) is 0 Å². The van der Waals surface area contributed by atoms with Gasteiger partial charge in [0.05, 0.1) is 11.4 Å². The fourth-order valence-electron chi connectivity index (χ4n) is 2.19. The van der Waals surface area contributed by atoms with E-state index in [9.17, 15) is 0 Å². The van der Waals surface area contributed by atoms with Gasteiger partial charge in [0.1, 0.15) is 12.2 Å². The molecule has 0 fully saturated rings. The van der Waals surface area contributed by atoms with E-state index in [0.717, 1.165) is 22.9 Å². The quantitative estimate of drug-likeness (QED) is 0.425. The molecular weight excluding hydrogens is 340 g/mol. The molecule has 0 aliphatic rings. The zero-order chi connectivity index (χ0) is 17.0. The summed E-state index contributed by atoms with van der Waals surface area (Å²) < 4.78 is 11.7. The van der Waals surface area contributed by atoms with Crippen molar-refractivity contribution in [2.45, 2.75) is 26.1 Å². The third-order valence-electron chi connectivity index (χ3n) is 3.29. The second-order valence-electron chi connectivity index (χ2n) is 4.97. The molecule has 0 radical (unpaired) electrons. The zero-order valence-electron chi connectivity index (χ0n) is 14.1. The molecule has 0 N–H and O–H groups in total. The lowest BCUT2D eigenvalue weighted by Crippen LogP contribution is -2.10. The van der Waals surface area contributed by atoms with Gasteiger partial charge in [-0.15, -0.1) is 0 Å². The van der Waals surface area contributed by atoms with Crippen molar-refractivity contribution in [3.05, 3.63) is 60.2 Å². The van der Waals surface area contributed by atoms with Gasteiger partial charge < -0.3 is 9.47 Å². The van der Waals surface area contributed by atoms with E-state index in [1.807, 2.05) is 62.6 Å². The van der Waals surface area contributed by atoms with Gasteiger partial charge in [0.2, 0.25) is 0 Å². The summed E-state index contributed by atoms with van der Waals surface area (Å²) in [5.41, 5.74) is 1.97. The predicted octanol–water partition coefficient (Wildman–Crippen LogP) is 4.71. The van der Waals surface area contributed by atoms with Gasteiger partial charge in [-0.05, 0) is 38.1 Å². The smallest absolute Gasteiger partial charge is 0.109 e. The summed E-state index contributed by atoms with van der Waals surface area (Å²) >= 11 is 0. The van der Waals surface area contributed by atoms with Gasteiger partial charge in [0.15, 0.2) is 0 Å². The van der Waals surface area contributed by atoms with Crippen molar-refractivity contribution in [1.82, 2.24) is 9.97 Å². The van der Waals surface area contributed by atoms with Crippen molar-refractivity contribution in [3.8, 4) is 0 Å². The highest BCUT2D eigenvalue weighted by atomic mass is 33.1. The molecule has 6 heteroatoms. The highest BCUT2D eigenvalue weighted by Gasteiger charge is 2.16. The van der Waals surface area contributed by atoms with Crippen LogP contribution in [-0.2, 0) is 9.47 Å².